The van der Waals surface area contributed by atoms with Gasteiger partial charge in [-0.1, -0.05) is 17.7 Å². The number of fused-ring (bicyclic) bond motifs is 1. The van der Waals surface area contributed by atoms with Gasteiger partial charge in [-0.15, -0.1) is 0 Å². The topological polar surface area (TPSA) is 43.8 Å². The van der Waals surface area contributed by atoms with Crippen LogP contribution in [0.15, 0.2) is 18.2 Å². The van der Waals surface area contributed by atoms with Crippen molar-refractivity contribution in [3.63, 3.8) is 0 Å². The van der Waals surface area contributed by atoms with Gasteiger partial charge in [-0.2, -0.15) is 0 Å². The molecule has 3 rings (SSSR count). The lowest BCUT2D eigenvalue weighted by molar-refractivity contribution is 0.650. The monoisotopic (exact) mass is 221 g/mol. The van der Waals surface area contributed by atoms with Crippen LogP contribution in [-0.4, -0.2) is 9.55 Å². The van der Waals surface area contributed by atoms with Gasteiger partial charge in [0.15, 0.2) is 0 Å². The van der Waals surface area contributed by atoms with Crippen molar-refractivity contribution in [3.8, 4) is 0 Å². The second kappa shape index (κ2) is 3.14. The van der Waals surface area contributed by atoms with Gasteiger partial charge in [0, 0.05) is 6.54 Å². The van der Waals surface area contributed by atoms with Crippen molar-refractivity contribution in [2.24, 2.45) is 5.92 Å². The van der Waals surface area contributed by atoms with E-state index < -0.39 is 0 Å². The Morgan fingerprint density at radius 1 is 1.47 bits per heavy atom. The molecule has 1 aliphatic rings. The summed E-state index contributed by atoms with van der Waals surface area (Å²) in [6.45, 7) is 0.950. The van der Waals surface area contributed by atoms with Crippen molar-refractivity contribution in [2.45, 2.75) is 19.4 Å². The van der Waals surface area contributed by atoms with Gasteiger partial charge in [0.1, 0.15) is 0 Å². The summed E-state index contributed by atoms with van der Waals surface area (Å²) in [7, 11) is 0. The van der Waals surface area contributed by atoms with E-state index in [1.165, 1.54) is 12.8 Å². The summed E-state index contributed by atoms with van der Waals surface area (Å²) >= 11 is 6.16. The van der Waals surface area contributed by atoms with Gasteiger partial charge < -0.3 is 10.3 Å². The first-order valence-corrected chi connectivity index (χ1v) is 5.54. The molecule has 0 amide bonds. The number of nitrogens with two attached hydrogens (primary N) is 1. The van der Waals surface area contributed by atoms with Crippen LogP contribution < -0.4 is 5.73 Å². The van der Waals surface area contributed by atoms with E-state index in [0.29, 0.717) is 5.95 Å². The molecule has 1 aromatic carbocycles. The minimum absolute atomic E-state index is 0.574. The van der Waals surface area contributed by atoms with Crippen molar-refractivity contribution in [1.29, 1.82) is 0 Å². The molecule has 1 saturated carbocycles. The molecule has 0 atom stereocenters. The Balaban J connectivity index is 2.20. The van der Waals surface area contributed by atoms with Crippen LogP contribution in [0, 0.1) is 5.92 Å². The molecule has 0 aliphatic heterocycles. The number of hydrogen-bond donors (Lipinski definition) is 1. The summed E-state index contributed by atoms with van der Waals surface area (Å²) in [6, 6.07) is 5.73. The molecule has 1 aliphatic carbocycles. The van der Waals surface area contributed by atoms with Crippen molar-refractivity contribution in [1.82, 2.24) is 9.55 Å². The second-order valence-corrected chi connectivity index (χ2v) is 4.54. The predicted molar refractivity (Wildman–Crippen MR) is 61.9 cm³/mol. The third-order valence-electron chi connectivity index (χ3n) is 2.88. The molecule has 0 unspecified atom stereocenters. The quantitative estimate of drug-likeness (QED) is 0.848. The molecule has 4 heteroatoms. The van der Waals surface area contributed by atoms with Gasteiger partial charge >= 0.3 is 0 Å². The van der Waals surface area contributed by atoms with Crippen LogP contribution in [0.5, 0.6) is 0 Å². The van der Waals surface area contributed by atoms with Crippen LogP contribution in [0.3, 0.4) is 0 Å². The standard InChI is InChI=1S/C11H12ClN3/c12-8-2-1-3-9-10(8)15(11(13)14-9)6-7-4-5-7/h1-3,7H,4-6H2,(H2,13,14). The summed E-state index contributed by atoms with van der Waals surface area (Å²) in [5.41, 5.74) is 7.76. The first-order chi connectivity index (χ1) is 7.25. The molecule has 15 heavy (non-hydrogen) atoms. The zero-order valence-corrected chi connectivity index (χ0v) is 9.04. The van der Waals surface area contributed by atoms with Crippen molar-refractivity contribution >= 4 is 28.6 Å². The number of nitrogen functional groups attached to an aromatic ring is 1. The molecular formula is C11H12ClN3. The Labute approximate surface area is 92.8 Å². The maximum atomic E-state index is 6.16. The SMILES string of the molecule is Nc1nc2cccc(Cl)c2n1CC1CC1. The highest BCUT2D eigenvalue weighted by Crippen LogP contribution is 2.34. The number of rotatable bonds is 2. The number of benzene rings is 1. The highest BCUT2D eigenvalue weighted by atomic mass is 35.5. The Bertz CT molecular complexity index is 514. The molecular weight excluding hydrogens is 210 g/mol. The number of halogens is 1. The highest BCUT2D eigenvalue weighted by Gasteiger charge is 2.24. The number of imidazole rings is 1. The van der Waals surface area contributed by atoms with Crippen molar-refractivity contribution < 1.29 is 0 Å². The maximum absolute atomic E-state index is 6.16. The molecule has 0 spiro atoms. The summed E-state index contributed by atoms with van der Waals surface area (Å²) in [4.78, 5) is 4.31. The number of aromatic nitrogens is 2. The first-order valence-electron chi connectivity index (χ1n) is 5.16. The Morgan fingerprint density at radius 3 is 3.00 bits per heavy atom. The zero-order valence-electron chi connectivity index (χ0n) is 8.28. The van der Waals surface area contributed by atoms with Gasteiger partial charge in [-0.25, -0.2) is 4.98 Å². The molecule has 1 heterocycles. The minimum atomic E-state index is 0.574. The van der Waals surface area contributed by atoms with E-state index in [2.05, 4.69) is 4.98 Å². The Hall–Kier alpha value is -1.22. The molecule has 1 fully saturated rings. The second-order valence-electron chi connectivity index (χ2n) is 4.13. The normalized spacial score (nSPS) is 16.1. The van der Waals surface area contributed by atoms with E-state index in [4.69, 9.17) is 17.3 Å². The first kappa shape index (κ1) is 9.04. The van der Waals surface area contributed by atoms with Crippen LogP contribution >= 0.6 is 11.6 Å². The summed E-state index contributed by atoms with van der Waals surface area (Å²) in [6.07, 6.45) is 2.59. The van der Waals surface area contributed by atoms with Crippen LogP contribution in [0.1, 0.15) is 12.8 Å². The summed E-state index contributed by atoms with van der Waals surface area (Å²) < 4.78 is 2.04. The van der Waals surface area contributed by atoms with E-state index >= 15 is 0 Å². The van der Waals surface area contributed by atoms with Gasteiger partial charge in [0.05, 0.1) is 16.1 Å². The van der Waals surface area contributed by atoms with Crippen molar-refractivity contribution in [3.05, 3.63) is 23.2 Å². The fraction of sp³-hybridized carbons (Fsp3) is 0.364. The predicted octanol–water partition coefficient (Wildman–Crippen LogP) is 2.68. The molecule has 3 nitrogen and oxygen atoms in total. The van der Waals surface area contributed by atoms with Gasteiger partial charge in [0.2, 0.25) is 5.95 Å². The number of para-hydroxylation sites is 1. The number of nitrogens with zero attached hydrogens (tertiary/aromatic N) is 2. The van der Waals surface area contributed by atoms with Crippen LogP contribution in [0.25, 0.3) is 11.0 Å². The smallest absolute Gasteiger partial charge is 0.201 e. The fourth-order valence-corrected chi connectivity index (χ4v) is 2.17. The van der Waals surface area contributed by atoms with Gasteiger partial charge in [-0.3, -0.25) is 0 Å². The van der Waals surface area contributed by atoms with E-state index in [1.54, 1.807) is 0 Å². The molecule has 0 radical (unpaired) electrons. The fourth-order valence-electron chi connectivity index (χ4n) is 1.90. The lowest BCUT2D eigenvalue weighted by Gasteiger charge is -2.05. The molecule has 0 bridgehead atoms. The van der Waals surface area contributed by atoms with Crippen LogP contribution in [-0.2, 0) is 6.54 Å². The largest absolute Gasteiger partial charge is 0.369 e. The molecule has 2 aromatic rings. The van der Waals surface area contributed by atoms with E-state index in [0.717, 1.165) is 28.5 Å². The van der Waals surface area contributed by atoms with Crippen molar-refractivity contribution in [2.75, 3.05) is 5.73 Å². The molecule has 78 valence electrons. The van der Waals surface area contributed by atoms with E-state index in [9.17, 15) is 0 Å². The lowest BCUT2D eigenvalue weighted by atomic mass is 10.3. The summed E-state index contributed by atoms with van der Waals surface area (Å²) in [5.74, 6) is 1.34. The van der Waals surface area contributed by atoms with E-state index in [1.807, 2.05) is 22.8 Å². The average molecular weight is 222 g/mol. The molecule has 0 saturated heterocycles. The summed E-state index contributed by atoms with van der Waals surface area (Å²) in [5, 5.41) is 0.734. The third kappa shape index (κ3) is 1.47. The third-order valence-corrected chi connectivity index (χ3v) is 3.19. The maximum Gasteiger partial charge on any atom is 0.201 e. The van der Waals surface area contributed by atoms with Crippen LogP contribution in [0.2, 0.25) is 5.02 Å². The minimum Gasteiger partial charge on any atom is -0.369 e. The molecule has 1 aromatic heterocycles. The number of anilines is 1. The van der Waals surface area contributed by atoms with Gasteiger partial charge in [-0.05, 0) is 30.9 Å². The van der Waals surface area contributed by atoms with E-state index in [-0.39, 0.29) is 0 Å². The Kier molecular flexibility index (Phi) is 1.89. The molecule has 2 N–H and O–H groups in total. The highest BCUT2D eigenvalue weighted by molar-refractivity contribution is 6.35. The zero-order chi connectivity index (χ0) is 10.4. The van der Waals surface area contributed by atoms with Gasteiger partial charge in [0.25, 0.3) is 0 Å². The Morgan fingerprint density at radius 2 is 2.27 bits per heavy atom. The lowest BCUT2D eigenvalue weighted by Crippen LogP contribution is -2.04. The van der Waals surface area contributed by atoms with Crippen LogP contribution in [0.4, 0.5) is 5.95 Å². The number of hydrogen-bond acceptors (Lipinski definition) is 2. The average Bonchev–Trinajstić information content (AvgIpc) is 2.93.